The lowest BCUT2D eigenvalue weighted by molar-refractivity contribution is -0.143. The SMILES string of the molecule is CCCCN1C(=O)CC[C@@H](C(=O)NCc2ccc(OC)cc2)[C@@H]1c1ccc(OC)cc1. The van der Waals surface area contributed by atoms with Crippen molar-refractivity contribution in [3.8, 4) is 11.5 Å². The highest BCUT2D eigenvalue weighted by atomic mass is 16.5. The van der Waals surface area contributed by atoms with Crippen LogP contribution >= 0.6 is 0 Å². The van der Waals surface area contributed by atoms with Crippen LogP contribution in [0.25, 0.3) is 0 Å². The van der Waals surface area contributed by atoms with Crippen molar-refractivity contribution in [2.45, 2.75) is 45.2 Å². The number of nitrogens with one attached hydrogen (secondary N) is 1. The summed E-state index contributed by atoms with van der Waals surface area (Å²) in [4.78, 5) is 27.9. The molecule has 166 valence electrons. The average molecular weight is 425 g/mol. The second kappa shape index (κ2) is 10.8. The predicted octanol–water partition coefficient (Wildman–Crippen LogP) is 4.10. The highest BCUT2D eigenvalue weighted by Gasteiger charge is 2.40. The minimum absolute atomic E-state index is 0.0226. The van der Waals surface area contributed by atoms with Crippen molar-refractivity contribution in [1.29, 1.82) is 0 Å². The molecule has 6 nitrogen and oxygen atoms in total. The third-order valence-electron chi connectivity index (χ3n) is 5.88. The third kappa shape index (κ3) is 5.57. The zero-order chi connectivity index (χ0) is 22.2. The van der Waals surface area contributed by atoms with Gasteiger partial charge in [-0.15, -0.1) is 0 Å². The minimum atomic E-state index is -0.291. The van der Waals surface area contributed by atoms with E-state index in [1.54, 1.807) is 14.2 Å². The molecule has 2 amide bonds. The Bertz CT molecular complexity index is 864. The molecule has 0 radical (unpaired) electrons. The van der Waals surface area contributed by atoms with Crippen LogP contribution in [0.1, 0.15) is 49.8 Å². The molecule has 1 fully saturated rings. The average Bonchev–Trinajstić information content (AvgIpc) is 2.82. The highest BCUT2D eigenvalue weighted by Crippen LogP contribution is 2.37. The topological polar surface area (TPSA) is 67.9 Å². The largest absolute Gasteiger partial charge is 0.497 e. The van der Waals surface area contributed by atoms with Gasteiger partial charge in [-0.2, -0.15) is 0 Å². The van der Waals surface area contributed by atoms with Gasteiger partial charge in [0, 0.05) is 19.5 Å². The number of hydrogen-bond acceptors (Lipinski definition) is 4. The number of methoxy groups -OCH3 is 2. The molecule has 3 rings (SSSR count). The van der Waals surface area contributed by atoms with E-state index in [1.807, 2.05) is 53.4 Å². The maximum absolute atomic E-state index is 13.2. The lowest BCUT2D eigenvalue weighted by Crippen LogP contribution is -2.48. The van der Waals surface area contributed by atoms with Gasteiger partial charge in [0.1, 0.15) is 11.5 Å². The number of hydrogen-bond donors (Lipinski definition) is 1. The van der Waals surface area contributed by atoms with E-state index in [2.05, 4.69) is 12.2 Å². The zero-order valence-electron chi connectivity index (χ0n) is 18.6. The standard InChI is InChI=1S/C25H32N2O4/c1-4-5-16-27-23(28)15-14-22(24(27)19-8-12-21(31-3)13-9-19)25(29)26-17-18-6-10-20(30-2)11-7-18/h6-13,22,24H,4-5,14-17H2,1-3H3,(H,26,29)/t22-,24+/m1/s1. The van der Waals surface area contributed by atoms with E-state index in [-0.39, 0.29) is 23.8 Å². The van der Waals surface area contributed by atoms with E-state index < -0.39 is 0 Å². The molecule has 0 spiro atoms. The van der Waals surface area contributed by atoms with Crippen molar-refractivity contribution in [2.24, 2.45) is 5.92 Å². The number of nitrogens with zero attached hydrogens (tertiary/aromatic N) is 1. The number of benzene rings is 2. The first-order chi connectivity index (χ1) is 15.1. The van der Waals surface area contributed by atoms with Gasteiger partial charge in [-0.25, -0.2) is 0 Å². The number of ether oxygens (including phenoxy) is 2. The maximum Gasteiger partial charge on any atom is 0.225 e. The number of piperidine rings is 1. The molecule has 1 aliphatic rings. The highest BCUT2D eigenvalue weighted by molar-refractivity contribution is 5.85. The summed E-state index contributed by atoms with van der Waals surface area (Å²) in [6.45, 7) is 3.21. The Morgan fingerprint density at radius 2 is 1.65 bits per heavy atom. The fourth-order valence-electron chi connectivity index (χ4n) is 4.10. The molecule has 0 unspecified atom stereocenters. The summed E-state index contributed by atoms with van der Waals surface area (Å²) in [5.41, 5.74) is 1.97. The van der Waals surface area contributed by atoms with Crippen LogP contribution in [0.2, 0.25) is 0 Å². The van der Waals surface area contributed by atoms with E-state index in [4.69, 9.17) is 9.47 Å². The van der Waals surface area contributed by atoms with Gasteiger partial charge in [0.05, 0.1) is 26.2 Å². The Morgan fingerprint density at radius 3 is 2.23 bits per heavy atom. The van der Waals surface area contributed by atoms with Crippen molar-refractivity contribution in [3.63, 3.8) is 0 Å². The van der Waals surface area contributed by atoms with Crippen LogP contribution < -0.4 is 14.8 Å². The molecular formula is C25H32N2O4. The molecule has 1 aliphatic heterocycles. The van der Waals surface area contributed by atoms with Gasteiger partial charge in [-0.05, 0) is 48.2 Å². The number of likely N-dealkylation sites (tertiary alicyclic amines) is 1. The molecule has 0 aliphatic carbocycles. The summed E-state index contributed by atoms with van der Waals surface area (Å²) in [5, 5.41) is 3.08. The molecule has 1 saturated heterocycles. The van der Waals surface area contributed by atoms with Crippen molar-refractivity contribution in [3.05, 3.63) is 59.7 Å². The molecule has 0 bridgehead atoms. The molecule has 2 aromatic carbocycles. The van der Waals surface area contributed by atoms with Gasteiger partial charge in [0.2, 0.25) is 11.8 Å². The number of carbonyl (C=O) groups excluding carboxylic acids is 2. The summed E-state index contributed by atoms with van der Waals surface area (Å²) in [6.07, 6.45) is 2.86. The number of unbranched alkanes of at least 4 members (excludes halogenated alkanes) is 1. The number of carbonyl (C=O) groups is 2. The number of rotatable bonds is 9. The van der Waals surface area contributed by atoms with Gasteiger partial charge >= 0.3 is 0 Å². The van der Waals surface area contributed by atoms with Gasteiger partial charge in [0.15, 0.2) is 0 Å². The van der Waals surface area contributed by atoms with Crippen LogP contribution in [-0.4, -0.2) is 37.5 Å². The van der Waals surface area contributed by atoms with Crippen molar-refractivity contribution < 1.29 is 19.1 Å². The third-order valence-corrected chi connectivity index (χ3v) is 5.88. The van der Waals surface area contributed by atoms with Crippen LogP contribution in [0.4, 0.5) is 0 Å². The first-order valence-electron chi connectivity index (χ1n) is 10.9. The van der Waals surface area contributed by atoms with Gasteiger partial charge in [0.25, 0.3) is 0 Å². The first kappa shape index (κ1) is 22.7. The summed E-state index contributed by atoms with van der Waals surface area (Å²) >= 11 is 0. The van der Waals surface area contributed by atoms with Crippen LogP contribution in [0.5, 0.6) is 11.5 Å². The summed E-state index contributed by atoms with van der Waals surface area (Å²) < 4.78 is 10.5. The predicted molar refractivity (Wildman–Crippen MR) is 120 cm³/mol. The van der Waals surface area contributed by atoms with Gasteiger partial charge in [-0.3, -0.25) is 9.59 Å². The smallest absolute Gasteiger partial charge is 0.225 e. The van der Waals surface area contributed by atoms with Crippen molar-refractivity contribution in [1.82, 2.24) is 10.2 Å². The molecule has 1 N–H and O–H groups in total. The first-order valence-corrected chi connectivity index (χ1v) is 10.9. The van der Waals surface area contributed by atoms with E-state index in [0.717, 1.165) is 35.5 Å². The molecule has 6 heteroatoms. The molecule has 31 heavy (non-hydrogen) atoms. The monoisotopic (exact) mass is 424 g/mol. The lowest BCUT2D eigenvalue weighted by Gasteiger charge is -2.41. The fourth-order valence-corrected chi connectivity index (χ4v) is 4.10. The molecule has 2 atom stereocenters. The minimum Gasteiger partial charge on any atom is -0.497 e. The van der Waals surface area contributed by atoms with Gasteiger partial charge < -0.3 is 19.7 Å². The van der Waals surface area contributed by atoms with E-state index in [1.165, 1.54) is 0 Å². The molecule has 2 aromatic rings. The Kier molecular flexibility index (Phi) is 7.93. The van der Waals surface area contributed by atoms with Gasteiger partial charge in [-0.1, -0.05) is 37.6 Å². The summed E-state index contributed by atoms with van der Waals surface area (Å²) in [6, 6.07) is 15.1. The molecule has 0 aromatic heterocycles. The molecular weight excluding hydrogens is 392 g/mol. The van der Waals surface area contributed by atoms with Crippen LogP contribution in [0.3, 0.4) is 0 Å². The summed E-state index contributed by atoms with van der Waals surface area (Å²) in [5.74, 6) is 1.35. The molecule has 1 heterocycles. The second-order valence-electron chi connectivity index (χ2n) is 7.87. The fraction of sp³-hybridized carbons (Fsp3) is 0.440. The van der Waals surface area contributed by atoms with Crippen molar-refractivity contribution in [2.75, 3.05) is 20.8 Å². The van der Waals surface area contributed by atoms with E-state index in [9.17, 15) is 9.59 Å². The Balaban J connectivity index is 1.79. The number of amides is 2. The Hall–Kier alpha value is -3.02. The van der Waals surface area contributed by atoms with Crippen LogP contribution in [0.15, 0.2) is 48.5 Å². The van der Waals surface area contributed by atoms with E-state index >= 15 is 0 Å². The summed E-state index contributed by atoms with van der Waals surface area (Å²) in [7, 11) is 3.26. The van der Waals surface area contributed by atoms with Crippen LogP contribution in [-0.2, 0) is 16.1 Å². The van der Waals surface area contributed by atoms with Crippen molar-refractivity contribution >= 4 is 11.8 Å². The van der Waals surface area contributed by atoms with Crippen LogP contribution in [0, 0.1) is 5.92 Å². The Labute approximate surface area is 184 Å². The van der Waals surface area contributed by atoms with E-state index in [0.29, 0.717) is 25.9 Å². The second-order valence-corrected chi connectivity index (χ2v) is 7.87. The Morgan fingerprint density at radius 1 is 1.03 bits per heavy atom. The quantitative estimate of drug-likeness (QED) is 0.658. The zero-order valence-corrected chi connectivity index (χ0v) is 18.6. The lowest BCUT2D eigenvalue weighted by atomic mass is 9.83. The molecule has 0 saturated carbocycles. The normalized spacial score (nSPS) is 18.5. The maximum atomic E-state index is 13.2.